The molecule has 0 aromatic heterocycles. The number of benzene rings is 1. The van der Waals surface area contributed by atoms with E-state index in [0.717, 1.165) is 13.2 Å². The van der Waals surface area contributed by atoms with Crippen LogP contribution in [0.2, 0.25) is 0 Å². The molecule has 1 aliphatic heterocycles. The molecule has 1 aromatic rings. The van der Waals surface area contributed by atoms with Gasteiger partial charge in [-0.1, -0.05) is 18.2 Å². The summed E-state index contributed by atoms with van der Waals surface area (Å²) < 4.78 is 4.94. The molecule has 3 nitrogen and oxygen atoms in total. The summed E-state index contributed by atoms with van der Waals surface area (Å²) >= 11 is 0. The van der Waals surface area contributed by atoms with E-state index in [1.807, 2.05) is 6.07 Å². The summed E-state index contributed by atoms with van der Waals surface area (Å²) in [6, 6.07) is 8.76. The topological polar surface area (TPSA) is 52.3 Å². The molecule has 0 bridgehead atoms. The summed E-state index contributed by atoms with van der Waals surface area (Å²) in [5.41, 5.74) is 5.53. The predicted molar refractivity (Wildman–Crippen MR) is 55.0 cm³/mol. The first-order valence-electron chi connectivity index (χ1n) is 4.73. The van der Waals surface area contributed by atoms with Crippen molar-refractivity contribution in [3.8, 4) is 0 Å². The van der Waals surface area contributed by atoms with Crippen LogP contribution in [-0.2, 0) is 4.74 Å². The molecule has 1 heterocycles. The lowest BCUT2D eigenvalue weighted by molar-refractivity contribution is 0.100. The van der Waals surface area contributed by atoms with E-state index >= 15 is 0 Å². The van der Waals surface area contributed by atoms with Crippen molar-refractivity contribution in [1.82, 2.24) is 0 Å². The van der Waals surface area contributed by atoms with Crippen LogP contribution in [0, 0.1) is 0 Å². The number of nitrogens with two attached hydrogens (primary N) is 1. The van der Waals surface area contributed by atoms with Crippen LogP contribution >= 0.6 is 0 Å². The fraction of sp³-hybridized carbons (Fsp3) is 0.364. The highest BCUT2D eigenvalue weighted by Gasteiger charge is 1.95. The Kier molecular flexibility index (Phi) is 4.72. The number of carbonyl (C=O) groups excluding carboxylic acids is 1. The van der Waals surface area contributed by atoms with E-state index < -0.39 is 0 Å². The molecule has 1 fully saturated rings. The molecule has 0 spiro atoms. The highest BCUT2D eigenvalue weighted by atomic mass is 16.5. The lowest BCUT2D eigenvalue weighted by Crippen LogP contribution is -2.09. The molecule has 1 aliphatic rings. The summed E-state index contributed by atoms with van der Waals surface area (Å²) in [6.45, 7) is 2.00. The van der Waals surface area contributed by atoms with E-state index in [4.69, 9.17) is 10.5 Å². The summed E-state index contributed by atoms with van der Waals surface area (Å²) in [5.74, 6) is -0.379. The summed E-state index contributed by atoms with van der Waals surface area (Å²) in [4.78, 5) is 10.4. The van der Waals surface area contributed by atoms with Crippen molar-refractivity contribution in [2.24, 2.45) is 5.73 Å². The van der Waals surface area contributed by atoms with Gasteiger partial charge in [0, 0.05) is 18.8 Å². The SMILES string of the molecule is C1CCOC1.NC(=O)c1ccccc1. The third kappa shape index (κ3) is 4.05. The van der Waals surface area contributed by atoms with E-state index in [0.29, 0.717) is 5.56 Å². The highest BCUT2D eigenvalue weighted by Crippen LogP contribution is 1.98. The molecule has 0 atom stereocenters. The average molecular weight is 193 g/mol. The van der Waals surface area contributed by atoms with Crippen molar-refractivity contribution >= 4 is 5.91 Å². The number of rotatable bonds is 1. The Labute approximate surface area is 83.9 Å². The third-order valence-electron chi connectivity index (χ3n) is 1.89. The molecular weight excluding hydrogens is 178 g/mol. The fourth-order valence-corrected chi connectivity index (χ4v) is 1.11. The van der Waals surface area contributed by atoms with E-state index in [1.165, 1.54) is 12.8 Å². The summed E-state index contributed by atoms with van der Waals surface area (Å²) in [5, 5.41) is 0. The second-order valence-corrected chi connectivity index (χ2v) is 3.05. The summed E-state index contributed by atoms with van der Waals surface area (Å²) in [6.07, 6.45) is 2.56. The zero-order chi connectivity index (χ0) is 10.2. The molecular formula is C11H15NO2. The van der Waals surface area contributed by atoms with Crippen LogP contribution in [0.3, 0.4) is 0 Å². The molecule has 2 N–H and O–H groups in total. The number of ether oxygens (including phenoxy) is 1. The molecule has 14 heavy (non-hydrogen) atoms. The Hall–Kier alpha value is -1.35. The van der Waals surface area contributed by atoms with Gasteiger partial charge in [-0.15, -0.1) is 0 Å². The molecule has 0 aliphatic carbocycles. The second-order valence-electron chi connectivity index (χ2n) is 3.05. The van der Waals surface area contributed by atoms with Crippen molar-refractivity contribution in [1.29, 1.82) is 0 Å². The van der Waals surface area contributed by atoms with E-state index in [2.05, 4.69) is 0 Å². The van der Waals surface area contributed by atoms with Gasteiger partial charge >= 0.3 is 0 Å². The van der Waals surface area contributed by atoms with Crippen molar-refractivity contribution < 1.29 is 9.53 Å². The zero-order valence-electron chi connectivity index (χ0n) is 8.11. The van der Waals surface area contributed by atoms with Gasteiger partial charge in [-0.05, 0) is 25.0 Å². The number of carbonyl (C=O) groups is 1. The first kappa shape index (κ1) is 10.7. The smallest absolute Gasteiger partial charge is 0.248 e. The minimum absolute atomic E-state index is 0.379. The van der Waals surface area contributed by atoms with Crippen LogP contribution in [0.15, 0.2) is 30.3 Å². The number of hydrogen-bond acceptors (Lipinski definition) is 2. The lowest BCUT2D eigenvalue weighted by Gasteiger charge is -1.89. The monoisotopic (exact) mass is 193 g/mol. The molecule has 0 unspecified atom stereocenters. The number of hydrogen-bond donors (Lipinski definition) is 1. The molecule has 3 heteroatoms. The molecule has 1 saturated heterocycles. The maximum Gasteiger partial charge on any atom is 0.248 e. The van der Waals surface area contributed by atoms with Crippen LogP contribution < -0.4 is 5.73 Å². The Bertz CT molecular complexity index is 260. The van der Waals surface area contributed by atoms with Gasteiger partial charge in [-0.3, -0.25) is 4.79 Å². The maximum absolute atomic E-state index is 10.4. The molecule has 0 radical (unpaired) electrons. The molecule has 76 valence electrons. The Morgan fingerprint density at radius 2 is 1.71 bits per heavy atom. The molecule has 0 saturated carbocycles. The van der Waals surface area contributed by atoms with Crippen LogP contribution in [0.4, 0.5) is 0 Å². The first-order valence-corrected chi connectivity index (χ1v) is 4.73. The fourth-order valence-electron chi connectivity index (χ4n) is 1.11. The van der Waals surface area contributed by atoms with E-state index in [-0.39, 0.29) is 5.91 Å². The van der Waals surface area contributed by atoms with Gasteiger partial charge in [0.05, 0.1) is 0 Å². The Balaban J connectivity index is 0.000000165. The van der Waals surface area contributed by atoms with Crippen LogP contribution in [-0.4, -0.2) is 19.1 Å². The van der Waals surface area contributed by atoms with E-state index in [1.54, 1.807) is 24.3 Å². The van der Waals surface area contributed by atoms with Crippen molar-refractivity contribution in [2.45, 2.75) is 12.8 Å². The van der Waals surface area contributed by atoms with Crippen LogP contribution in [0.1, 0.15) is 23.2 Å². The van der Waals surface area contributed by atoms with Crippen LogP contribution in [0.25, 0.3) is 0 Å². The van der Waals surface area contributed by atoms with Gasteiger partial charge in [-0.2, -0.15) is 0 Å². The first-order chi connectivity index (χ1) is 6.80. The minimum atomic E-state index is -0.379. The predicted octanol–water partition coefficient (Wildman–Crippen LogP) is 1.58. The zero-order valence-corrected chi connectivity index (χ0v) is 8.11. The van der Waals surface area contributed by atoms with Gasteiger partial charge < -0.3 is 10.5 Å². The Morgan fingerprint density at radius 3 is 2.00 bits per heavy atom. The Morgan fingerprint density at radius 1 is 1.14 bits per heavy atom. The van der Waals surface area contributed by atoms with Gasteiger partial charge in [-0.25, -0.2) is 0 Å². The van der Waals surface area contributed by atoms with Crippen LogP contribution in [0.5, 0.6) is 0 Å². The molecule has 1 amide bonds. The van der Waals surface area contributed by atoms with Gasteiger partial charge in [0.1, 0.15) is 0 Å². The van der Waals surface area contributed by atoms with Crippen molar-refractivity contribution in [3.05, 3.63) is 35.9 Å². The summed E-state index contributed by atoms with van der Waals surface area (Å²) in [7, 11) is 0. The molecule has 2 rings (SSSR count). The average Bonchev–Trinajstić information content (AvgIpc) is 2.77. The lowest BCUT2D eigenvalue weighted by atomic mass is 10.2. The molecule has 1 aromatic carbocycles. The van der Waals surface area contributed by atoms with Crippen molar-refractivity contribution in [2.75, 3.05) is 13.2 Å². The minimum Gasteiger partial charge on any atom is -0.381 e. The second kappa shape index (κ2) is 6.16. The van der Waals surface area contributed by atoms with Crippen molar-refractivity contribution in [3.63, 3.8) is 0 Å². The quantitative estimate of drug-likeness (QED) is 0.736. The maximum atomic E-state index is 10.4. The third-order valence-corrected chi connectivity index (χ3v) is 1.89. The van der Waals surface area contributed by atoms with E-state index in [9.17, 15) is 4.79 Å². The van der Waals surface area contributed by atoms with Gasteiger partial charge in [0.25, 0.3) is 0 Å². The standard InChI is InChI=1S/C7H7NO.C4H8O/c8-7(9)6-4-2-1-3-5-6;1-2-4-5-3-1/h1-5H,(H2,8,9);1-4H2. The normalized spacial score (nSPS) is 14.3. The van der Waals surface area contributed by atoms with Gasteiger partial charge in [0.15, 0.2) is 0 Å². The number of primary amides is 1. The largest absolute Gasteiger partial charge is 0.381 e. The van der Waals surface area contributed by atoms with Gasteiger partial charge in [0.2, 0.25) is 5.91 Å². The highest BCUT2D eigenvalue weighted by molar-refractivity contribution is 5.92. The number of amides is 1.